The van der Waals surface area contributed by atoms with Gasteiger partial charge in [-0.3, -0.25) is 0 Å². The Morgan fingerprint density at radius 1 is 1.15 bits per heavy atom. The molecule has 108 valence electrons. The number of imidazole rings is 1. The Morgan fingerprint density at radius 2 is 1.95 bits per heavy atom. The highest BCUT2D eigenvalue weighted by atomic mass is 16.5. The van der Waals surface area contributed by atoms with Gasteiger partial charge in [0.15, 0.2) is 11.5 Å². The zero-order valence-electron chi connectivity index (χ0n) is 10.3. The van der Waals surface area contributed by atoms with Crippen LogP contribution in [0.1, 0.15) is 11.9 Å². The maximum atomic E-state index is 9.97. The molecule has 1 aliphatic rings. The molecule has 20 heavy (non-hydrogen) atoms. The summed E-state index contributed by atoms with van der Waals surface area (Å²) in [5, 5.41) is 38.5. The average Bonchev–Trinajstić information content (AvgIpc) is 2.92. The van der Waals surface area contributed by atoms with E-state index in [0.29, 0.717) is 11.2 Å². The summed E-state index contributed by atoms with van der Waals surface area (Å²) in [6.45, 7) is -0.494. The van der Waals surface area contributed by atoms with Crippen molar-refractivity contribution in [3.05, 3.63) is 18.3 Å². The van der Waals surface area contributed by atoms with Gasteiger partial charge in [0.05, 0.1) is 19.1 Å². The van der Waals surface area contributed by atoms with E-state index >= 15 is 0 Å². The highest BCUT2D eigenvalue weighted by Gasteiger charge is 2.45. The van der Waals surface area contributed by atoms with Gasteiger partial charge < -0.3 is 30.1 Å². The fourth-order valence-corrected chi connectivity index (χ4v) is 2.20. The van der Waals surface area contributed by atoms with E-state index in [9.17, 15) is 15.3 Å². The second-order valence-corrected chi connectivity index (χ2v) is 4.62. The predicted octanol–water partition coefficient (Wildman–Crippen LogP) is -2.13. The van der Waals surface area contributed by atoms with Gasteiger partial charge in [-0.05, 0) is 0 Å². The summed E-state index contributed by atoms with van der Waals surface area (Å²) in [5.74, 6) is 0.126. The number of ether oxygens (including phenoxy) is 1. The molecular weight excluding hydrogens is 268 g/mol. The third kappa shape index (κ3) is 2.05. The van der Waals surface area contributed by atoms with E-state index in [4.69, 9.17) is 9.84 Å². The Labute approximate surface area is 112 Å². The maximum Gasteiger partial charge on any atom is 0.180 e. The van der Waals surface area contributed by atoms with Crippen molar-refractivity contribution in [2.75, 3.05) is 6.61 Å². The van der Waals surface area contributed by atoms with Gasteiger partial charge in [0.2, 0.25) is 0 Å². The number of nitrogens with one attached hydrogen (secondary N) is 1. The van der Waals surface area contributed by atoms with Gasteiger partial charge in [-0.2, -0.15) is 0 Å². The van der Waals surface area contributed by atoms with Crippen molar-refractivity contribution in [3.63, 3.8) is 0 Å². The first kappa shape index (κ1) is 13.3. The molecule has 1 unspecified atom stereocenters. The molecule has 0 aliphatic carbocycles. The van der Waals surface area contributed by atoms with Gasteiger partial charge in [0.25, 0.3) is 0 Å². The predicted molar refractivity (Wildman–Crippen MR) is 64.4 cm³/mol. The smallest absolute Gasteiger partial charge is 0.180 e. The molecule has 5 N–H and O–H groups in total. The Hall–Kier alpha value is -1.65. The van der Waals surface area contributed by atoms with Crippen LogP contribution in [0.4, 0.5) is 0 Å². The van der Waals surface area contributed by atoms with Crippen molar-refractivity contribution < 1.29 is 25.2 Å². The molecule has 0 bridgehead atoms. The Morgan fingerprint density at radius 3 is 2.70 bits per heavy atom. The molecule has 1 saturated heterocycles. The molecule has 1 aliphatic heterocycles. The van der Waals surface area contributed by atoms with Crippen molar-refractivity contribution >= 4 is 11.2 Å². The summed E-state index contributed by atoms with van der Waals surface area (Å²) in [6.07, 6.45) is -3.36. The molecule has 0 spiro atoms. The van der Waals surface area contributed by atoms with Crippen molar-refractivity contribution in [2.45, 2.75) is 30.5 Å². The zero-order chi connectivity index (χ0) is 14.3. The van der Waals surface area contributed by atoms with Crippen LogP contribution in [0.15, 0.2) is 12.5 Å². The summed E-state index contributed by atoms with van der Waals surface area (Å²) in [6, 6.07) is 0. The van der Waals surface area contributed by atoms with Crippen molar-refractivity contribution in [2.24, 2.45) is 0 Å². The Bertz CT molecular complexity index is 603. The summed E-state index contributed by atoms with van der Waals surface area (Å²) in [5.41, 5.74) is 1.02. The van der Waals surface area contributed by atoms with Crippen LogP contribution in [0.3, 0.4) is 0 Å². The van der Waals surface area contributed by atoms with Gasteiger partial charge in [-0.15, -0.1) is 0 Å². The second-order valence-electron chi connectivity index (χ2n) is 4.62. The maximum absolute atomic E-state index is 9.97. The molecule has 2 aromatic heterocycles. The molecule has 0 aromatic carbocycles. The van der Waals surface area contributed by atoms with Crippen LogP contribution in [0.2, 0.25) is 0 Å². The molecule has 2 aromatic rings. The second kappa shape index (κ2) is 5.04. The van der Waals surface area contributed by atoms with Gasteiger partial charge >= 0.3 is 0 Å². The first-order valence-electron chi connectivity index (χ1n) is 6.08. The van der Waals surface area contributed by atoms with E-state index in [1.54, 1.807) is 0 Å². The van der Waals surface area contributed by atoms with E-state index in [-0.39, 0.29) is 5.82 Å². The van der Waals surface area contributed by atoms with Crippen LogP contribution in [-0.2, 0) is 4.74 Å². The number of H-pyrrole nitrogens is 1. The lowest BCUT2D eigenvalue weighted by atomic mass is 9.95. The molecule has 0 radical (unpaired) electrons. The highest BCUT2D eigenvalue weighted by Crippen LogP contribution is 2.30. The Kier molecular flexibility index (Phi) is 3.36. The minimum absolute atomic E-state index is 0.126. The number of fused-ring (bicyclic) bond motifs is 1. The molecule has 0 amide bonds. The van der Waals surface area contributed by atoms with Gasteiger partial charge in [0, 0.05) is 0 Å². The van der Waals surface area contributed by atoms with Crippen LogP contribution >= 0.6 is 0 Å². The van der Waals surface area contributed by atoms with Gasteiger partial charge in [0.1, 0.15) is 36.0 Å². The molecular formula is C11H14N4O5. The third-order valence-corrected chi connectivity index (χ3v) is 3.34. The quantitative estimate of drug-likeness (QED) is 0.420. The zero-order valence-corrected chi connectivity index (χ0v) is 10.3. The number of aliphatic hydroxyl groups is 4. The van der Waals surface area contributed by atoms with Crippen molar-refractivity contribution in [1.82, 2.24) is 19.9 Å². The topological polar surface area (TPSA) is 145 Å². The number of rotatable bonds is 2. The summed E-state index contributed by atoms with van der Waals surface area (Å²) in [7, 11) is 0. The number of aliphatic hydroxyl groups excluding tert-OH is 4. The van der Waals surface area contributed by atoms with E-state index in [2.05, 4.69) is 19.9 Å². The molecule has 1 fully saturated rings. The lowest BCUT2D eigenvalue weighted by Crippen LogP contribution is -2.55. The molecule has 9 nitrogen and oxygen atoms in total. The third-order valence-electron chi connectivity index (χ3n) is 3.34. The van der Waals surface area contributed by atoms with Crippen molar-refractivity contribution in [3.8, 4) is 0 Å². The fourth-order valence-electron chi connectivity index (χ4n) is 2.20. The lowest BCUT2D eigenvalue weighted by molar-refractivity contribution is -0.233. The van der Waals surface area contributed by atoms with Crippen molar-refractivity contribution in [1.29, 1.82) is 0 Å². The summed E-state index contributed by atoms with van der Waals surface area (Å²) in [4.78, 5) is 15.0. The largest absolute Gasteiger partial charge is 0.394 e. The van der Waals surface area contributed by atoms with E-state index in [1.807, 2.05) is 0 Å². The van der Waals surface area contributed by atoms with E-state index in [0.717, 1.165) is 0 Å². The van der Waals surface area contributed by atoms with E-state index < -0.39 is 37.1 Å². The van der Waals surface area contributed by atoms with Gasteiger partial charge in [-0.1, -0.05) is 0 Å². The monoisotopic (exact) mass is 282 g/mol. The fraction of sp³-hybridized carbons (Fsp3) is 0.545. The molecule has 3 rings (SSSR count). The molecule has 5 atom stereocenters. The van der Waals surface area contributed by atoms with Crippen LogP contribution < -0.4 is 0 Å². The standard InChI is InChI=1S/C11H14N4O5/c16-2-5-6(17)7(18)8(19)9(20-5)11-12-1-4-10(15-11)14-3-13-4/h1,3,5-9,16-19H,2H2,(H,12,13,14,15)/t5-,6-,7+,8-,9?/m1/s1. The summed E-state index contributed by atoms with van der Waals surface area (Å²) < 4.78 is 5.37. The number of aromatic amines is 1. The number of nitrogens with zero attached hydrogens (tertiary/aromatic N) is 3. The number of aromatic nitrogens is 4. The number of hydrogen-bond donors (Lipinski definition) is 5. The molecule has 0 saturated carbocycles. The van der Waals surface area contributed by atoms with Crippen LogP contribution in [-0.4, -0.2) is 71.4 Å². The van der Waals surface area contributed by atoms with E-state index in [1.165, 1.54) is 12.5 Å². The van der Waals surface area contributed by atoms with Crippen LogP contribution in [0, 0.1) is 0 Å². The highest BCUT2D eigenvalue weighted by molar-refractivity contribution is 5.68. The Balaban J connectivity index is 1.94. The van der Waals surface area contributed by atoms with Gasteiger partial charge in [-0.25, -0.2) is 15.0 Å². The SMILES string of the molecule is OC[C@H]1OC(c2ncc3[nH]cnc3n2)[C@H](O)[C@@H](O)[C@@H]1O. The average molecular weight is 282 g/mol. The minimum Gasteiger partial charge on any atom is -0.394 e. The summed E-state index contributed by atoms with van der Waals surface area (Å²) >= 11 is 0. The molecule has 3 heterocycles. The number of hydrogen-bond acceptors (Lipinski definition) is 8. The first-order valence-corrected chi connectivity index (χ1v) is 6.08. The van der Waals surface area contributed by atoms with Crippen LogP contribution in [0.25, 0.3) is 11.2 Å². The van der Waals surface area contributed by atoms with Crippen LogP contribution in [0.5, 0.6) is 0 Å². The molecule has 9 heteroatoms. The first-order chi connectivity index (χ1) is 9.61. The minimum atomic E-state index is -1.45. The lowest BCUT2D eigenvalue weighted by Gasteiger charge is -2.39. The normalized spacial score (nSPS) is 34.5.